The van der Waals surface area contributed by atoms with E-state index in [9.17, 15) is 10.1 Å². The molecule has 2 aromatic carbocycles. The highest BCUT2D eigenvalue weighted by atomic mass is 16.2. The molecule has 27 heavy (non-hydrogen) atoms. The lowest BCUT2D eigenvalue weighted by Gasteiger charge is -2.29. The van der Waals surface area contributed by atoms with Crippen molar-refractivity contribution in [2.24, 2.45) is 0 Å². The van der Waals surface area contributed by atoms with Crippen molar-refractivity contribution in [3.63, 3.8) is 0 Å². The van der Waals surface area contributed by atoms with Crippen molar-refractivity contribution in [3.05, 3.63) is 77.6 Å². The highest BCUT2D eigenvalue weighted by molar-refractivity contribution is 6.05. The summed E-state index contributed by atoms with van der Waals surface area (Å²) in [6.45, 7) is 0.667. The minimum absolute atomic E-state index is 0.152. The number of hydrogen-bond donors (Lipinski definition) is 1. The molecular formula is C21H17N5O. The number of amides is 1. The van der Waals surface area contributed by atoms with Gasteiger partial charge in [-0.3, -0.25) is 4.79 Å². The number of aromatic nitrogens is 2. The van der Waals surface area contributed by atoms with Gasteiger partial charge >= 0.3 is 0 Å². The monoisotopic (exact) mass is 355 g/mol. The number of nitrogens with one attached hydrogen (secondary N) is 1. The van der Waals surface area contributed by atoms with Gasteiger partial charge in [0, 0.05) is 18.4 Å². The number of benzene rings is 2. The second-order valence-electron chi connectivity index (χ2n) is 6.24. The molecule has 0 radical (unpaired) electrons. The van der Waals surface area contributed by atoms with Gasteiger partial charge in [0.1, 0.15) is 11.8 Å². The Kier molecular flexibility index (Phi) is 4.50. The van der Waals surface area contributed by atoms with Crippen LogP contribution in [-0.4, -0.2) is 22.4 Å². The van der Waals surface area contributed by atoms with Gasteiger partial charge in [0.15, 0.2) is 0 Å². The average Bonchev–Trinajstić information content (AvgIpc) is 2.73. The molecule has 0 bridgehead atoms. The topological polar surface area (TPSA) is 81.9 Å². The Bertz CT molecular complexity index is 1040. The summed E-state index contributed by atoms with van der Waals surface area (Å²) in [6, 6.07) is 18.8. The number of carbonyl (C=O) groups is 1. The summed E-state index contributed by atoms with van der Waals surface area (Å²) in [7, 11) is 0. The van der Waals surface area contributed by atoms with E-state index in [1.807, 2.05) is 24.3 Å². The number of hydrogen-bond acceptors (Lipinski definition) is 5. The molecule has 0 aliphatic carbocycles. The van der Waals surface area contributed by atoms with Gasteiger partial charge in [-0.25, -0.2) is 9.97 Å². The lowest BCUT2D eigenvalue weighted by Crippen LogP contribution is -2.36. The molecule has 4 rings (SSSR count). The van der Waals surface area contributed by atoms with E-state index in [2.05, 4.69) is 27.4 Å². The first-order valence-electron chi connectivity index (χ1n) is 8.75. The van der Waals surface area contributed by atoms with Crippen molar-refractivity contribution in [1.82, 2.24) is 9.97 Å². The summed E-state index contributed by atoms with van der Waals surface area (Å²) in [5.74, 6) is 0.134. The molecule has 6 nitrogen and oxygen atoms in total. The third kappa shape index (κ3) is 3.35. The Morgan fingerprint density at radius 1 is 1.11 bits per heavy atom. The second-order valence-corrected chi connectivity index (χ2v) is 6.24. The predicted octanol–water partition coefficient (Wildman–Crippen LogP) is 3.68. The molecule has 0 saturated heterocycles. The first-order chi connectivity index (χ1) is 13.3. The van der Waals surface area contributed by atoms with E-state index in [0.717, 1.165) is 18.5 Å². The summed E-state index contributed by atoms with van der Waals surface area (Å²) >= 11 is 0. The van der Waals surface area contributed by atoms with Gasteiger partial charge in [0.2, 0.25) is 5.95 Å². The van der Waals surface area contributed by atoms with Crippen molar-refractivity contribution >= 4 is 23.2 Å². The second kappa shape index (κ2) is 7.26. The molecule has 0 unspecified atom stereocenters. The number of para-hydroxylation sites is 2. The third-order valence-electron chi connectivity index (χ3n) is 4.52. The van der Waals surface area contributed by atoms with Crippen LogP contribution in [0.25, 0.3) is 0 Å². The lowest BCUT2D eigenvalue weighted by atomic mass is 10.0. The van der Waals surface area contributed by atoms with Crippen LogP contribution in [0.2, 0.25) is 0 Å². The molecule has 1 aliphatic rings. The maximum atomic E-state index is 13.0. The average molecular weight is 355 g/mol. The Morgan fingerprint density at radius 3 is 2.81 bits per heavy atom. The summed E-state index contributed by atoms with van der Waals surface area (Å²) in [6.07, 6.45) is 3.45. The van der Waals surface area contributed by atoms with Crippen molar-refractivity contribution in [1.29, 1.82) is 5.26 Å². The minimum atomic E-state index is -0.152. The van der Waals surface area contributed by atoms with E-state index in [1.54, 1.807) is 35.4 Å². The van der Waals surface area contributed by atoms with Crippen LogP contribution >= 0.6 is 0 Å². The molecule has 1 aromatic heterocycles. The fraction of sp³-hybridized carbons (Fsp3) is 0.143. The van der Waals surface area contributed by atoms with Crippen molar-refractivity contribution in [2.75, 3.05) is 16.8 Å². The molecule has 0 fully saturated rings. The normalized spacial score (nSPS) is 12.8. The van der Waals surface area contributed by atoms with Gasteiger partial charge in [0.05, 0.1) is 11.3 Å². The maximum Gasteiger partial charge on any atom is 0.277 e. The summed E-state index contributed by atoms with van der Waals surface area (Å²) < 4.78 is 0. The molecule has 3 aromatic rings. The van der Waals surface area contributed by atoms with Crippen molar-refractivity contribution < 1.29 is 4.79 Å². The highest BCUT2D eigenvalue weighted by Crippen LogP contribution is 2.28. The van der Waals surface area contributed by atoms with Gasteiger partial charge in [-0.15, -0.1) is 0 Å². The molecular weight excluding hydrogens is 338 g/mol. The fourth-order valence-electron chi connectivity index (χ4n) is 3.23. The minimum Gasteiger partial charge on any atom is -0.323 e. The number of nitrogens with zero attached hydrogens (tertiary/aromatic N) is 4. The molecule has 1 amide bonds. The van der Waals surface area contributed by atoms with Gasteiger partial charge in [0.25, 0.3) is 5.91 Å². The Balaban J connectivity index is 1.62. The van der Waals surface area contributed by atoms with Crippen molar-refractivity contribution in [3.8, 4) is 6.07 Å². The number of aryl methyl sites for hydroxylation is 1. The number of carbonyl (C=O) groups excluding carboxylic acids is 1. The first kappa shape index (κ1) is 16.7. The molecule has 0 atom stereocenters. The van der Waals surface area contributed by atoms with Crippen LogP contribution in [0.1, 0.15) is 28.0 Å². The van der Waals surface area contributed by atoms with Crippen LogP contribution in [0.3, 0.4) is 0 Å². The summed E-state index contributed by atoms with van der Waals surface area (Å²) in [5, 5.41) is 12.2. The summed E-state index contributed by atoms with van der Waals surface area (Å²) in [5.41, 5.74) is 3.53. The smallest absolute Gasteiger partial charge is 0.277 e. The predicted molar refractivity (Wildman–Crippen MR) is 103 cm³/mol. The van der Waals surface area contributed by atoms with Crippen LogP contribution in [-0.2, 0) is 6.42 Å². The fourth-order valence-corrected chi connectivity index (χ4v) is 3.23. The largest absolute Gasteiger partial charge is 0.323 e. The molecule has 1 N–H and O–H groups in total. The third-order valence-corrected chi connectivity index (χ3v) is 4.52. The summed E-state index contributed by atoms with van der Waals surface area (Å²) in [4.78, 5) is 23.4. The molecule has 1 aliphatic heterocycles. The van der Waals surface area contributed by atoms with Crippen LogP contribution in [0, 0.1) is 11.3 Å². The zero-order valence-electron chi connectivity index (χ0n) is 14.6. The number of anilines is 3. The van der Waals surface area contributed by atoms with Gasteiger partial charge in [-0.1, -0.05) is 30.3 Å². The number of nitriles is 1. The van der Waals surface area contributed by atoms with Gasteiger partial charge < -0.3 is 10.2 Å². The van der Waals surface area contributed by atoms with E-state index in [1.165, 1.54) is 5.56 Å². The standard InChI is InChI=1S/C21H17N5O/c22-14-16-7-1-3-9-17(16)24-21-23-12-11-18(25-21)20(27)26-13-5-8-15-6-2-4-10-19(15)26/h1-4,6-7,9-12H,5,8,13H2,(H,23,24,25). The van der Waals surface area contributed by atoms with E-state index in [4.69, 9.17) is 0 Å². The van der Waals surface area contributed by atoms with Crippen LogP contribution in [0.4, 0.5) is 17.3 Å². The quantitative estimate of drug-likeness (QED) is 0.775. The Morgan fingerprint density at radius 2 is 1.93 bits per heavy atom. The van der Waals surface area contributed by atoms with Crippen LogP contribution in [0.15, 0.2) is 60.8 Å². The Hall–Kier alpha value is -3.72. The first-order valence-corrected chi connectivity index (χ1v) is 8.75. The zero-order chi connectivity index (χ0) is 18.6. The van der Waals surface area contributed by atoms with Crippen molar-refractivity contribution in [2.45, 2.75) is 12.8 Å². The van der Waals surface area contributed by atoms with Gasteiger partial charge in [-0.05, 0) is 42.7 Å². The zero-order valence-corrected chi connectivity index (χ0v) is 14.6. The van der Waals surface area contributed by atoms with E-state index >= 15 is 0 Å². The number of rotatable bonds is 3. The molecule has 6 heteroatoms. The SMILES string of the molecule is N#Cc1ccccc1Nc1nccc(C(=O)N2CCCc3ccccc32)n1. The van der Waals surface area contributed by atoms with Crippen LogP contribution in [0.5, 0.6) is 0 Å². The molecule has 0 spiro atoms. The number of fused-ring (bicyclic) bond motifs is 1. The lowest BCUT2D eigenvalue weighted by molar-refractivity contribution is 0.0980. The highest BCUT2D eigenvalue weighted by Gasteiger charge is 2.24. The molecule has 132 valence electrons. The molecule has 2 heterocycles. The maximum absolute atomic E-state index is 13.0. The van der Waals surface area contributed by atoms with E-state index in [0.29, 0.717) is 23.5 Å². The molecule has 0 saturated carbocycles. The Labute approximate surface area is 157 Å². The van der Waals surface area contributed by atoms with E-state index < -0.39 is 0 Å². The van der Waals surface area contributed by atoms with Crippen LogP contribution < -0.4 is 10.2 Å². The van der Waals surface area contributed by atoms with Gasteiger partial charge in [-0.2, -0.15) is 5.26 Å². The van der Waals surface area contributed by atoms with E-state index in [-0.39, 0.29) is 11.9 Å².